The lowest BCUT2D eigenvalue weighted by atomic mass is 10.1. The molecular formula is C16H21BrClN3O2. The summed E-state index contributed by atoms with van der Waals surface area (Å²) in [5.74, 6) is -0.394. The Balaban J connectivity index is 0.00000192. The standard InChI is InChI=1S/C16H20BrN3O2.ClH/c17-12-3-1-2-4-14(12)20-8-7-11(16(20)22)15(21)19-9-13(18)10-5-6-10;/h1-4,10-11,13H,5-9,18H2,(H,19,21);1H. The summed E-state index contributed by atoms with van der Waals surface area (Å²) in [4.78, 5) is 26.4. The SMILES string of the molecule is Cl.NC(CNC(=O)C1CCN(c2ccccc2Br)C1=O)C1CC1. The van der Waals surface area contributed by atoms with Gasteiger partial charge >= 0.3 is 0 Å². The van der Waals surface area contributed by atoms with Crippen LogP contribution in [0.1, 0.15) is 19.3 Å². The van der Waals surface area contributed by atoms with Crippen molar-refractivity contribution >= 4 is 45.8 Å². The molecule has 0 spiro atoms. The van der Waals surface area contributed by atoms with Crippen molar-refractivity contribution < 1.29 is 9.59 Å². The second-order valence-corrected chi connectivity index (χ2v) is 6.88. The van der Waals surface area contributed by atoms with Crippen molar-refractivity contribution in [2.45, 2.75) is 25.3 Å². The number of anilines is 1. The minimum atomic E-state index is -0.599. The van der Waals surface area contributed by atoms with Crippen molar-refractivity contribution in [3.05, 3.63) is 28.7 Å². The predicted molar refractivity (Wildman–Crippen MR) is 95.6 cm³/mol. The quantitative estimate of drug-likeness (QED) is 0.740. The van der Waals surface area contributed by atoms with E-state index in [0.29, 0.717) is 25.4 Å². The van der Waals surface area contributed by atoms with Gasteiger partial charge in [-0.3, -0.25) is 9.59 Å². The third-order valence-electron chi connectivity index (χ3n) is 4.40. The average Bonchev–Trinajstić information content (AvgIpc) is 3.29. The van der Waals surface area contributed by atoms with Crippen LogP contribution in [0, 0.1) is 11.8 Å². The second kappa shape index (κ2) is 7.64. The van der Waals surface area contributed by atoms with Crippen LogP contribution in [0.4, 0.5) is 5.69 Å². The van der Waals surface area contributed by atoms with Crippen LogP contribution in [0.25, 0.3) is 0 Å². The highest BCUT2D eigenvalue weighted by atomic mass is 79.9. The van der Waals surface area contributed by atoms with Crippen LogP contribution >= 0.6 is 28.3 Å². The molecule has 7 heteroatoms. The number of rotatable bonds is 5. The van der Waals surface area contributed by atoms with Crippen LogP contribution < -0.4 is 16.0 Å². The number of carbonyl (C=O) groups is 2. The molecule has 1 aliphatic carbocycles. The van der Waals surface area contributed by atoms with E-state index in [9.17, 15) is 9.59 Å². The van der Waals surface area contributed by atoms with Crippen LogP contribution in [0.15, 0.2) is 28.7 Å². The molecule has 2 unspecified atom stereocenters. The Hall–Kier alpha value is -1.11. The zero-order valence-electron chi connectivity index (χ0n) is 12.7. The van der Waals surface area contributed by atoms with Gasteiger partial charge in [-0.05, 0) is 53.2 Å². The van der Waals surface area contributed by atoms with Crippen molar-refractivity contribution in [1.82, 2.24) is 5.32 Å². The van der Waals surface area contributed by atoms with E-state index < -0.39 is 5.92 Å². The second-order valence-electron chi connectivity index (χ2n) is 6.03. The van der Waals surface area contributed by atoms with E-state index in [4.69, 9.17) is 5.73 Å². The smallest absolute Gasteiger partial charge is 0.239 e. The number of nitrogens with one attached hydrogen (secondary N) is 1. The minimum Gasteiger partial charge on any atom is -0.354 e. The van der Waals surface area contributed by atoms with E-state index in [1.807, 2.05) is 24.3 Å². The van der Waals surface area contributed by atoms with Crippen LogP contribution in [-0.2, 0) is 9.59 Å². The number of hydrogen-bond acceptors (Lipinski definition) is 3. The number of carbonyl (C=O) groups excluding carboxylic acids is 2. The topological polar surface area (TPSA) is 75.4 Å². The van der Waals surface area contributed by atoms with Crippen LogP contribution in [0.5, 0.6) is 0 Å². The molecule has 1 heterocycles. The molecule has 2 fully saturated rings. The fourth-order valence-electron chi connectivity index (χ4n) is 2.87. The first-order valence-electron chi connectivity index (χ1n) is 7.67. The summed E-state index contributed by atoms with van der Waals surface area (Å²) in [5, 5.41) is 2.84. The van der Waals surface area contributed by atoms with Crippen LogP contribution in [0.3, 0.4) is 0 Å². The molecule has 23 heavy (non-hydrogen) atoms. The van der Waals surface area contributed by atoms with Crippen molar-refractivity contribution in [3.63, 3.8) is 0 Å². The first-order valence-corrected chi connectivity index (χ1v) is 8.46. The monoisotopic (exact) mass is 401 g/mol. The lowest BCUT2D eigenvalue weighted by Crippen LogP contribution is -2.43. The van der Waals surface area contributed by atoms with Gasteiger partial charge in [0.05, 0.1) is 5.69 Å². The Labute approximate surface area is 150 Å². The Bertz CT molecular complexity index is 594. The molecular weight excluding hydrogens is 382 g/mol. The van der Waals surface area contributed by atoms with Gasteiger partial charge in [0, 0.05) is 23.6 Å². The Morgan fingerprint density at radius 2 is 2.04 bits per heavy atom. The zero-order valence-corrected chi connectivity index (χ0v) is 15.1. The number of nitrogens with zero attached hydrogens (tertiary/aromatic N) is 1. The maximum absolute atomic E-state index is 12.5. The molecule has 2 aliphatic rings. The molecule has 0 bridgehead atoms. The summed E-state index contributed by atoms with van der Waals surface area (Å²) in [7, 11) is 0. The number of benzene rings is 1. The van der Waals surface area contributed by atoms with Crippen molar-refractivity contribution in [1.29, 1.82) is 0 Å². The minimum absolute atomic E-state index is 0. The first-order chi connectivity index (χ1) is 10.6. The van der Waals surface area contributed by atoms with Gasteiger partial charge in [-0.1, -0.05) is 12.1 Å². The summed E-state index contributed by atoms with van der Waals surface area (Å²) in [6.07, 6.45) is 2.84. The highest BCUT2D eigenvalue weighted by Crippen LogP contribution is 2.32. The van der Waals surface area contributed by atoms with Gasteiger partial charge in [-0.25, -0.2) is 0 Å². The molecule has 3 rings (SSSR count). The van der Waals surface area contributed by atoms with Gasteiger partial charge in [0.1, 0.15) is 5.92 Å². The predicted octanol–water partition coefficient (Wildman–Crippen LogP) is 2.08. The number of hydrogen-bond donors (Lipinski definition) is 2. The maximum atomic E-state index is 12.5. The lowest BCUT2D eigenvalue weighted by Gasteiger charge is -2.18. The molecule has 1 aromatic rings. The average molecular weight is 403 g/mol. The fourth-order valence-corrected chi connectivity index (χ4v) is 3.36. The number of nitrogens with two attached hydrogens (primary N) is 1. The Morgan fingerprint density at radius 3 is 2.70 bits per heavy atom. The molecule has 126 valence electrons. The van der Waals surface area contributed by atoms with E-state index >= 15 is 0 Å². The van der Waals surface area contributed by atoms with Gasteiger partial charge in [0.15, 0.2) is 0 Å². The summed E-state index contributed by atoms with van der Waals surface area (Å²) >= 11 is 3.45. The maximum Gasteiger partial charge on any atom is 0.239 e. The highest BCUT2D eigenvalue weighted by molar-refractivity contribution is 9.10. The largest absolute Gasteiger partial charge is 0.354 e. The Morgan fingerprint density at radius 1 is 1.35 bits per heavy atom. The van der Waals surface area contributed by atoms with E-state index in [0.717, 1.165) is 23.0 Å². The highest BCUT2D eigenvalue weighted by Gasteiger charge is 2.38. The molecule has 2 atom stereocenters. The molecule has 0 aromatic heterocycles. The molecule has 1 saturated carbocycles. The van der Waals surface area contributed by atoms with Crippen LogP contribution in [-0.4, -0.2) is 30.9 Å². The molecule has 1 aromatic carbocycles. The normalized spacial score (nSPS) is 21.7. The van der Waals surface area contributed by atoms with E-state index in [1.165, 1.54) is 0 Å². The third kappa shape index (κ3) is 4.05. The van der Waals surface area contributed by atoms with Gasteiger partial charge in [0.2, 0.25) is 11.8 Å². The van der Waals surface area contributed by atoms with Gasteiger partial charge in [-0.2, -0.15) is 0 Å². The Kier molecular flexibility index (Phi) is 6.06. The van der Waals surface area contributed by atoms with Gasteiger partial charge in [0.25, 0.3) is 0 Å². The van der Waals surface area contributed by atoms with Crippen LogP contribution in [0.2, 0.25) is 0 Å². The van der Waals surface area contributed by atoms with Crippen molar-refractivity contribution in [3.8, 4) is 0 Å². The summed E-state index contributed by atoms with van der Waals surface area (Å²) < 4.78 is 0.861. The first kappa shape index (κ1) is 18.2. The fraction of sp³-hybridized carbons (Fsp3) is 0.500. The lowest BCUT2D eigenvalue weighted by molar-refractivity contribution is -0.132. The molecule has 0 radical (unpaired) electrons. The zero-order chi connectivity index (χ0) is 15.7. The number of halogens is 2. The molecule has 1 saturated heterocycles. The van der Waals surface area contributed by atoms with E-state index in [1.54, 1.807) is 4.90 Å². The molecule has 2 amide bonds. The molecule has 3 N–H and O–H groups in total. The van der Waals surface area contributed by atoms with Gasteiger partial charge < -0.3 is 16.0 Å². The van der Waals surface area contributed by atoms with E-state index in [2.05, 4.69) is 21.2 Å². The van der Waals surface area contributed by atoms with Crippen molar-refractivity contribution in [2.75, 3.05) is 18.0 Å². The number of para-hydroxylation sites is 1. The van der Waals surface area contributed by atoms with E-state index in [-0.39, 0.29) is 30.3 Å². The summed E-state index contributed by atoms with van der Waals surface area (Å²) in [5.41, 5.74) is 6.80. The molecule has 1 aliphatic heterocycles. The van der Waals surface area contributed by atoms with Crippen molar-refractivity contribution in [2.24, 2.45) is 17.6 Å². The third-order valence-corrected chi connectivity index (χ3v) is 5.08. The molecule has 5 nitrogen and oxygen atoms in total. The summed E-state index contributed by atoms with van der Waals surface area (Å²) in [6, 6.07) is 7.57. The number of amides is 2. The summed E-state index contributed by atoms with van der Waals surface area (Å²) in [6.45, 7) is 1.02. The van der Waals surface area contributed by atoms with Gasteiger partial charge in [-0.15, -0.1) is 12.4 Å².